The van der Waals surface area contributed by atoms with Crippen molar-refractivity contribution in [2.45, 2.75) is 6.61 Å². The molecule has 1 aliphatic rings. The Morgan fingerprint density at radius 3 is 2.36 bits per heavy atom. The van der Waals surface area contributed by atoms with Crippen molar-refractivity contribution in [2.24, 2.45) is 0 Å². The monoisotopic (exact) mass is 449 g/mol. The van der Waals surface area contributed by atoms with Crippen LogP contribution in [0.1, 0.15) is 15.9 Å². The lowest BCUT2D eigenvalue weighted by Crippen LogP contribution is -2.50. The zero-order valence-electron chi connectivity index (χ0n) is 18.0. The van der Waals surface area contributed by atoms with Gasteiger partial charge in [-0.25, -0.2) is 14.2 Å². The smallest absolute Gasteiger partial charge is 0.342 e. The molecule has 2 heterocycles. The Labute approximate surface area is 191 Å². The molecule has 2 aromatic carbocycles. The number of rotatable bonds is 7. The normalized spacial score (nSPS) is 13.5. The lowest BCUT2D eigenvalue weighted by atomic mass is 10.2. The number of para-hydroxylation sites is 1. The molecular weight excluding hydrogens is 425 g/mol. The van der Waals surface area contributed by atoms with E-state index in [-0.39, 0.29) is 30.5 Å². The molecule has 0 spiro atoms. The number of carbonyl (C=O) groups excluding carboxylic acids is 2. The largest absolute Gasteiger partial charge is 0.488 e. The van der Waals surface area contributed by atoms with Gasteiger partial charge in [0.1, 0.15) is 29.6 Å². The fourth-order valence-electron chi connectivity index (χ4n) is 3.52. The Balaban J connectivity index is 1.28. The van der Waals surface area contributed by atoms with Crippen molar-refractivity contribution in [3.8, 4) is 5.75 Å². The van der Waals surface area contributed by atoms with Gasteiger partial charge in [0.25, 0.3) is 5.91 Å². The van der Waals surface area contributed by atoms with E-state index in [0.717, 1.165) is 11.4 Å². The third kappa shape index (κ3) is 5.85. The number of ether oxygens (including phenoxy) is 2. The molecule has 0 aliphatic carbocycles. The maximum absolute atomic E-state index is 13.1. The molecule has 0 radical (unpaired) electrons. The molecule has 1 aliphatic heterocycles. The summed E-state index contributed by atoms with van der Waals surface area (Å²) >= 11 is 0. The van der Waals surface area contributed by atoms with Crippen molar-refractivity contribution < 1.29 is 23.5 Å². The topological polar surface area (TPSA) is 72.0 Å². The quantitative estimate of drug-likeness (QED) is 0.516. The summed E-state index contributed by atoms with van der Waals surface area (Å²) in [5, 5.41) is 0. The van der Waals surface area contributed by atoms with Crippen LogP contribution in [0.3, 0.4) is 0 Å². The molecule has 33 heavy (non-hydrogen) atoms. The highest BCUT2D eigenvalue weighted by molar-refractivity contribution is 5.94. The lowest BCUT2D eigenvalue weighted by Gasteiger charge is -2.35. The highest BCUT2D eigenvalue weighted by Crippen LogP contribution is 2.21. The van der Waals surface area contributed by atoms with Crippen molar-refractivity contribution in [3.63, 3.8) is 0 Å². The standard InChI is InChI=1S/C25H24FN3O4/c26-20-10-8-19(9-11-20)17-32-22-6-2-1-5-21(22)25(31)33-18-24(30)29-15-13-28(14-16-29)23-7-3-4-12-27-23/h1-12H,13-18H2. The van der Waals surface area contributed by atoms with Crippen molar-refractivity contribution in [1.82, 2.24) is 9.88 Å². The van der Waals surface area contributed by atoms with Crippen molar-refractivity contribution in [3.05, 3.63) is 89.9 Å². The van der Waals surface area contributed by atoms with Crippen LogP contribution in [-0.4, -0.2) is 54.5 Å². The molecule has 7 nitrogen and oxygen atoms in total. The first kappa shape index (κ1) is 22.3. The number of nitrogens with zero attached hydrogens (tertiary/aromatic N) is 3. The van der Waals surface area contributed by atoms with Gasteiger partial charge in [0, 0.05) is 32.4 Å². The summed E-state index contributed by atoms with van der Waals surface area (Å²) in [7, 11) is 0. The summed E-state index contributed by atoms with van der Waals surface area (Å²) in [5.74, 6) is 0.0148. The minimum Gasteiger partial charge on any atom is -0.488 e. The SMILES string of the molecule is O=C(OCC(=O)N1CCN(c2ccccn2)CC1)c1ccccc1OCc1ccc(F)cc1. The molecule has 8 heteroatoms. The Morgan fingerprint density at radius 2 is 1.64 bits per heavy atom. The average Bonchev–Trinajstić information content (AvgIpc) is 2.87. The van der Waals surface area contributed by atoms with Gasteiger partial charge in [-0.15, -0.1) is 0 Å². The molecule has 1 aromatic heterocycles. The van der Waals surface area contributed by atoms with Crippen molar-refractivity contribution in [2.75, 3.05) is 37.7 Å². The molecule has 1 amide bonds. The first-order chi connectivity index (χ1) is 16.1. The van der Waals surface area contributed by atoms with E-state index in [0.29, 0.717) is 31.9 Å². The number of amides is 1. The maximum atomic E-state index is 13.1. The van der Waals surface area contributed by atoms with Crippen molar-refractivity contribution >= 4 is 17.7 Å². The summed E-state index contributed by atoms with van der Waals surface area (Å²) < 4.78 is 24.1. The van der Waals surface area contributed by atoms with E-state index in [4.69, 9.17) is 9.47 Å². The fourth-order valence-corrected chi connectivity index (χ4v) is 3.52. The highest BCUT2D eigenvalue weighted by atomic mass is 19.1. The van der Waals surface area contributed by atoms with E-state index in [1.807, 2.05) is 18.2 Å². The van der Waals surface area contributed by atoms with Crippen LogP contribution in [0.15, 0.2) is 72.9 Å². The summed E-state index contributed by atoms with van der Waals surface area (Å²) in [6.07, 6.45) is 1.74. The van der Waals surface area contributed by atoms with Gasteiger partial charge < -0.3 is 19.3 Å². The van der Waals surface area contributed by atoms with E-state index in [2.05, 4.69) is 9.88 Å². The van der Waals surface area contributed by atoms with E-state index in [9.17, 15) is 14.0 Å². The zero-order valence-corrected chi connectivity index (χ0v) is 18.0. The molecule has 0 atom stereocenters. The number of benzene rings is 2. The summed E-state index contributed by atoms with van der Waals surface area (Å²) in [6, 6.07) is 18.3. The average molecular weight is 449 g/mol. The van der Waals surface area contributed by atoms with Crippen molar-refractivity contribution in [1.29, 1.82) is 0 Å². The number of anilines is 1. The Bertz CT molecular complexity index is 1080. The van der Waals surface area contributed by atoms with Crippen LogP contribution in [0.4, 0.5) is 10.2 Å². The number of carbonyl (C=O) groups is 2. The molecule has 3 aromatic rings. The third-order valence-corrected chi connectivity index (χ3v) is 5.35. The Hall–Kier alpha value is -3.94. The second-order valence-corrected chi connectivity index (χ2v) is 7.54. The maximum Gasteiger partial charge on any atom is 0.342 e. The highest BCUT2D eigenvalue weighted by Gasteiger charge is 2.23. The van der Waals surface area contributed by atoms with E-state index < -0.39 is 5.97 Å². The zero-order chi connectivity index (χ0) is 23.0. The predicted molar refractivity (Wildman–Crippen MR) is 120 cm³/mol. The van der Waals surface area contributed by atoms with E-state index >= 15 is 0 Å². The van der Waals surface area contributed by atoms with E-state index in [1.165, 1.54) is 12.1 Å². The second kappa shape index (κ2) is 10.6. The van der Waals surface area contributed by atoms with Crippen LogP contribution in [0, 0.1) is 5.82 Å². The lowest BCUT2D eigenvalue weighted by molar-refractivity contribution is -0.134. The molecule has 4 rings (SSSR count). The number of hydrogen-bond acceptors (Lipinski definition) is 6. The minimum atomic E-state index is -0.634. The Morgan fingerprint density at radius 1 is 0.909 bits per heavy atom. The van der Waals surface area contributed by atoms with Gasteiger partial charge in [-0.3, -0.25) is 4.79 Å². The number of piperazine rings is 1. The second-order valence-electron chi connectivity index (χ2n) is 7.54. The first-order valence-corrected chi connectivity index (χ1v) is 10.7. The van der Waals surface area contributed by atoms with Crippen LogP contribution < -0.4 is 9.64 Å². The fraction of sp³-hybridized carbons (Fsp3) is 0.240. The molecule has 0 N–H and O–H groups in total. The van der Waals surface area contributed by atoms with Crippen LogP contribution in [0.25, 0.3) is 0 Å². The Kier molecular flexibility index (Phi) is 7.14. The van der Waals surface area contributed by atoms with Gasteiger partial charge >= 0.3 is 5.97 Å². The van der Waals surface area contributed by atoms with Gasteiger partial charge in [0.15, 0.2) is 6.61 Å². The van der Waals surface area contributed by atoms with Crippen LogP contribution >= 0.6 is 0 Å². The molecule has 0 bridgehead atoms. The molecule has 1 saturated heterocycles. The third-order valence-electron chi connectivity index (χ3n) is 5.35. The predicted octanol–water partition coefficient (Wildman–Crippen LogP) is 3.31. The van der Waals surface area contributed by atoms with Crippen LogP contribution in [0.2, 0.25) is 0 Å². The molecule has 0 saturated carbocycles. The van der Waals surface area contributed by atoms with Gasteiger partial charge in [0.2, 0.25) is 0 Å². The number of hydrogen-bond donors (Lipinski definition) is 0. The molecule has 170 valence electrons. The summed E-state index contributed by atoms with van der Waals surface area (Å²) in [6.45, 7) is 2.22. The number of halogens is 1. The van der Waals surface area contributed by atoms with Crippen LogP contribution in [-0.2, 0) is 16.1 Å². The minimum absolute atomic E-state index is 0.171. The van der Waals surface area contributed by atoms with Crippen LogP contribution in [0.5, 0.6) is 5.75 Å². The number of pyridine rings is 1. The van der Waals surface area contributed by atoms with Gasteiger partial charge in [-0.1, -0.05) is 30.3 Å². The summed E-state index contributed by atoms with van der Waals surface area (Å²) in [4.78, 5) is 33.3. The number of aromatic nitrogens is 1. The molecular formula is C25H24FN3O4. The molecule has 1 fully saturated rings. The van der Waals surface area contributed by atoms with Gasteiger partial charge in [-0.05, 0) is 42.0 Å². The van der Waals surface area contributed by atoms with Gasteiger partial charge in [0.05, 0.1) is 0 Å². The van der Waals surface area contributed by atoms with E-state index in [1.54, 1.807) is 47.5 Å². The first-order valence-electron chi connectivity index (χ1n) is 10.7. The summed E-state index contributed by atoms with van der Waals surface area (Å²) in [5.41, 5.74) is 0.993. The number of esters is 1. The van der Waals surface area contributed by atoms with Gasteiger partial charge in [-0.2, -0.15) is 0 Å². The molecule has 0 unspecified atom stereocenters.